The molecule has 1 aliphatic rings. The Morgan fingerprint density at radius 2 is 1.67 bits per heavy atom. The second-order valence-corrected chi connectivity index (χ2v) is 5.36. The molecular formula is C16H21N3OS. The second kappa shape index (κ2) is 6.26. The van der Waals surface area contributed by atoms with Gasteiger partial charge < -0.3 is 9.80 Å². The van der Waals surface area contributed by atoms with Gasteiger partial charge in [-0.25, -0.2) is 0 Å². The first-order chi connectivity index (χ1) is 9.99. The van der Waals surface area contributed by atoms with Gasteiger partial charge in [0.2, 0.25) is 0 Å². The van der Waals surface area contributed by atoms with Crippen LogP contribution in [0.3, 0.4) is 0 Å². The van der Waals surface area contributed by atoms with E-state index in [0.29, 0.717) is 10.8 Å². The minimum Gasteiger partial charge on any atom is -0.372 e. The third-order valence-corrected chi connectivity index (χ3v) is 4.33. The molecule has 1 heterocycles. The number of thiocarbonyl (C=S) groups is 1. The van der Waals surface area contributed by atoms with Crippen LogP contribution in [0.2, 0.25) is 0 Å². The molecule has 0 unspecified atom stereocenters. The lowest BCUT2D eigenvalue weighted by molar-refractivity contribution is -0.121. The van der Waals surface area contributed by atoms with E-state index in [0.717, 1.165) is 18.7 Å². The number of rotatable bonds is 4. The number of anilines is 1. The van der Waals surface area contributed by atoms with Crippen molar-refractivity contribution in [2.75, 3.05) is 32.1 Å². The maximum Gasteiger partial charge on any atom is 0.276 e. The summed E-state index contributed by atoms with van der Waals surface area (Å²) in [7, 11) is 3.52. The number of hydrogen-bond acceptors (Lipinski definition) is 3. The summed E-state index contributed by atoms with van der Waals surface area (Å²) in [6, 6.07) is 8.23. The van der Waals surface area contributed by atoms with Gasteiger partial charge in [-0.3, -0.25) is 9.69 Å². The maximum absolute atomic E-state index is 12.1. The Morgan fingerprint density at radius 3 is 2.10 bits per heavy atom. The Hall–Kier alpha value is -1.88. The molecule has 0 atom stereocenters. The molecule has 0 saturated carbocycles. The van der Waals surface area contributed by atoms with Crippen LogP contribution < -0.4 is 4.90 Å². The predicted octanol–water partition coefficient (Wildman–Crippen LogP) is 2.56. The first kappa shape index (κ1) is 15.5. The topological polar surface area (TPSA) is 26.8 Å². The minimum absolute atomic E-state index is 0.0599. The lowest BCUT2D eigenvalue weighted by Crippen LogP contribution is -2.26. The molecule has 0 aromatic heterocycles. The average Bonchev–Trinajstić information content (AvgIpc) is 2.68. The first-order valence-electron chi connectivity index (χ1n) is 7.12. The van der Waals surface area contributed by atoms with E-state index in [1.165, 1.54) is 10.6 Å². The summed E-state index contributed by atoms with van der Waals surface area (Å²) in [6.45, 7) is 6.25. The highest BCUT2D eigenvalue weighted by atomic mass is 32.1. The number of benzene rings is 1. The Labute approximate surface area is 131 Å². The quantitative estimate of drug-likeness (QED) is 0.631. The van der Waals surface area contributed by atoms with E-state index in [2.05, 4.69) is 30.9 Å². The molecule has 1 aliphatic heterocycles. The number of hydrogen-bond donors (Lipinski definition) is 0. The molecular weight excluding hydrogens is 282 g/mol. The molecule has 2 rings (SSSR count). The van der Waals surface area contributed by atoms with Gasteiger partial charge in [-0.2, -0.15) is 0 Å². The van der Waals surface area contributed by atoms with E-state index >= 15 is 0 Å². The minimum atomic E-state index is -0.0599. The number of nitrogens with zero attached hydrogens (tertiary/aromatic N) is 3. The molecule has 1 aromatic rings. The molecule has 112 valence electrons. The van der Waals surface area contributed by atoms with Gasteiger partial charge >= 0.3 is 0 Å². The Morgan fingerprint density at radius 1 is 1.10 bits per heavy atom. The van der Waals surface area contributed by atoms with Crippen molar-refractivity contribution in [1.82, 2.24) is 9.80 Å². The summed E-state index contributed by atoms with van der Waals surface area (Å²) >= 11 is 5.20. The number of likely N-dealkylation sites (N-methyl/N-ethyl adjacent to an activating group) is 2. The zero-order valence-electron chi connectivity index (χ0n) is 13.0. The third kappa shape index (κ3) is 2.93. The van der Waals surface area contributed by atoms with Gasteiger partial charge in [0.25, 0.3) is 5.91 Å². The third-order valence-electron chi connectivity index (χ3n) is 3.78. The van der Waals surface area contributed by atoms with Gasteiger partial charge in [0.15, 0.2) is 5.11 Å². The van der Waals surface area contributed by atoms with Crippen molar-refractivity contribution in [1.29, 1.82) is 0 Å². The summed E-state index contributed by atoms with van der Waals surface area (Å²) < 4.78 is 0. The highest BCUT2D eigenvalue weighted by molar-refractivity contribution is 7.80. The molecule has 0 radical (unpaired) electrons. The molecule has 1 fully saturated rings. The lowest BCUT2D eigenvalue weighted by atomic mass is 10.1. The molecule has 1 aromatic carbocycles. The SMILES string of the molecule is CCN(CC)c1ccc(/C=C2/C(=O)N(C)C(=S)N2C)cc1. The van der Waals surface area contributed by atoms with Crippen molar-refractivity contribution in [3.05, 3.63) is 35.5 Å². The van der Waals surface area contributed by atoms with Crippen molar-refractivity contribution >= 4 is 35.0 Å². The van der Waals surface area contributed by atoms with Gasteiger partial charge in [-0.1, -0.05) is 12.1 Å². The highest BCUT2D eigenvalue weighted by Crippen LogP contribution is 2.22. The fourth-order valence-electron chi connectivity index (χ4n) is 2.42. The van der Waals surface area contributed by atoms with Crippen LogP contribution in [0, 0.1) is 0 Å². The number of amides is 1. The van der Waals surface area contributed by atoms with Crippen LogP contribution in [0.1, 0.15) is 19.4 Å². The van der Waals surface area contributed by atoms with Crippen molar-refractivity contribution in [2.24, 2.45) is 0 Å². The van der Waals surface area contributed by atoms with Crippen LogP contribution in [0.4, 0.5) is 5.69 Å². The van der Waals surface area contributed by atoms with Crippen molar-refractivity contribution in [3.63, 3.8) is 0 Å². The molecule has 0 N–H and O–H groups in total. The summed E-state index contributed by atoms with van der Waals surface area (Å²) in [6.07, 6.45) is 1.88. The largest absolute Gasteiger partial charge is 0.372 e. The molecule has 0 spiro atoms. The molecule has 0 aliphatic carbocycles. The van der Waals surface area contributed by atoms with Crippen LogP contribution >= 0.6 is 12.2 Å². The summed E-state index contributed by atoms with van der Waals surface area (Å²) in [5, 5.41) is 0.533. The van der Waals surface area contributed by atoms with Gasteiger partial charge in [0.1, 0.15) is 5.70 Å². The van der Waals surface area contributed by atoms with Gasteiger partial charge in [-0.15, -0.1) is 0 Å². The summed E-state index contributed by atoms with van der Waals surface area (Å²) in [5.41, 5.74) is 2.80. The zero-order chi connectivity index (χ0) is 15.6. The summed E-state index contributed by atoms with van der Waals surface area (Å²) in [5.74, 6) is -0.0599. The molecule has 4 nitrogen and oxygen atoms in total. The fraction of sp³-hybridized carbons (Fsp3) is 0.375. The van der Waals surface area contributed by atoms with Gasteiger partial charge in [-0.05, 0) is 49.8 Å². The van der Waals surface area contributed by atoms with Gasteiger partial charge in [0, 0.05) is 32.9 Å². The van der Waals surface area contributed by atoms with E-state index in [4.69, 9.17) is 12.2 Å². The Bertz CT molecular complexity index is 576. The Balaban J connectivity index is 2.26. The van der Waals surface area contributed by atoms with Crippen LogP contribution in [-0.2, 0) is 4.79 Å². The van der Waals surface area contributed by atoms with E-state index < -0.39 is 0 Å². The van der Waals surface area contributed by atoms with Crippen molar-refractivity contribution in [2.45, 2.75) is 13.8 Å². The van der Waals surface area contributed by atoms with Crippen LogP contribution in [0.25, 0.3) is 6.08 Å². The van der Waals surface area contributed by atoms with E-state index in [9.17, 15) is 4.79 Å². The zero-order valence-corrected chi connectivity index (χ0v) is 13.8. The molecule has 5 heteroatoms. The van der Waals surface area contributed by atoms with Crippen LogP contribution in [0.15, 0.2) is 30.0 Å². The van der Waals surface area contributed by atoms with Crippen LogP contribution in [-0.4, -0.2) is 48.0 Å². The van der Waals surface area contributed by atoms with Gasteiger partial charge in [0.05, 0.1) is 0 Å². The lowest BCUT2D eigenvalue weighted by Gasteiger charge is -2.21. The average molecular weight is 303 g/mol. The molecule has 1 amide bonds. The van der Waals surface area contributed by atoms with Crippen LogP contribution in [0.5, 0.6) is 0 Å². The molecule has 1 saturated heterocycles. The Kier molecular flexibility index (Phi) is 4.63. The van der Waals surface area contributed by atoms with E-state index in [1.807, 2.05) is 25.3 Å². The molecule has 0 bridgehead atoms. The normalized spacial score (nSPS) is 17.0. The number of carbonyl (C=O) groups is 1. The smallest absolute Gasteiger partial charge is 0.276 e. The van der Waals surface area contributed by atoms with E-state index in [-0.39, 0.29) is 5.91 Å². The standard InChI is InChI=1S/C16H21N3OS/c1-5-19(6-2)13-9-7-12(8-10-13)11-14-15(20)18(4)16(21)17(14)3/h7-11H,5-6H2,1-4H3/b14-11-. The first-order valence-corrected chi connectivity index (χ1v) is 7.52. The monoisotopic (exact) mass is 303 g/mol. The molecule has 21 heavy (non-hydrogen) atoms. The number of carbonyl (C=O) groups excluding carboxylic acids is 1. The summed E-state index contributed by atoms with van der Waals surface area (Å²) in [4.78, 5) is 17.6. The maximum atomic E-state index is 12.1. The van der Waals surface area contributed by atoms with E-state index in [1.54, 1.807) is 11.9 Å². The van der Waals surface area contributed by atoms with Crippen molar-refractivity contribution in [3.8, 4) is 0 Å². The van der Waals surface area contributed by atoms with Crippen molar-refractivity contribution < 1.29 is 4.79 Å². The fourth-order valence-corrected chi connectivity index (χ4v) is 2.60. The predicted molar refractivity (Wildman–Crippen MR) is 91.1 cm³/mol. The highest BCUT2D eigenvalue weighted by Gasteiger charge is 2.32. The second-order valence-electron chi connectivity index (χ2n) is 5.00.